The Bertz CT molecular complexity index is 408. The average Bonchev–Trinajstić information content (AvgIpc) is 2.01. The first-order valence-corrected chi connectivity index (χ1v) is 3.12. The summed E-state index contributed by atoms with van der Waals surface area (Å²) in [6.45, 7) is 0. The fourth-order valence-electron chi connectivity index (χ4n) is 0.648. The van der Waals surface area contributed by atoms with Crippen LogP contribution >= 0.6 is 0 Å². The second kappa shape index (κ2) is 3.39. The van der Waals surface area contributed by atoms with Crippen molar-refractivity contribution in [3.63, 3.8) is 0 Å². The van der Waals surface area contributed by atoms with Gasteiger partial charge in [0.1, 0.15) is 0 Å². The molecule has 0 spiro atoms. The van der Waals surface area contributed by atoms with Gasteiger partial charge in [0.15, 0.2) is 0 Å². The molecule has 0 atom stereocenters. The Kier molecular flexibility index (Phi) is 2.29. The van der Waals surface area contributed by atoms with E-state index in [0.717, 1.165) is 0 Å². The largest absolute Gasteiger partial charge is 0.472 e. The van der Waals surface area contributed by atoms with Gasteiger partial charge in [-0.25, -0.2) is 4.79 Å². The first-order valence-electron chi connectivity index (χ1n) is 3.12. The average molecular weight is 163 g/mol. The monoisotopic (exact) mass is 163 g/mol. The van der Waals surface area contributed by atoms with Gasteiger partial charge in [0.25, 0.3) is 0 Å². The van der Waals surface area contributed by atoms with Gasteiger partial charge in [0, 0.05) is 23.7 Å². The standard InChI is InChI=1S/C8H5NO3/c10-7-5-6(3-4-9-7)1-2-8(11)12/h3-5H,(H,9,10)(H,11,12). The molecule has 2 N–H and O–H groups in total. The molecular formula is C8H5NO3. The summed E-state index contributed by atoms with van der Waals surface area (Å²) in [5, 5.41) is 8.18. The van der Waals surface area contributed by atoms with E-state index in [1.54, 1.807) is 0 Å². The first-order chi connectivity index (χ1) is 5.68. The van der Waals surface area contributed by atoms with Crippen LogP contribution in [-0.4, -0.2) is 16.1 Å². The predicted octanol–water partition coefficient (Wildman–Crippen LogP) is -0.189. The van der Waals surface area contributed by atoms with Crippen LogP contribution < -0.4 is 5.56 Å². The number of rotatable bonds is 0. The Morgan fingerprint density at radius 2 is 2.33 bits per heavy atom. The molecule has 0 aliphatic heterocycles. The quantitative estimate of drug-likeness (QED) is 0.521. The molecule has 0 aromatic carbocycles. The van der Waals surface area contributed by atoms with Crippen LogP contribution in [0.15, 0.2) is 23.1 Å². The zero-order chi connectivity index (χ0) is 8.97. The molecule has 1 aromatic heterocycles. The molecule has 0 saturated heterocycles. The third kappa shape index (κ3) is 2.31. The molecule has 60 valence electrons. The summed E-state index contributed by atoms with van der Waals surface area (Å²) < 4.78 is 0. The highest BCUT2D eigenvalue weighted by Crippen LogP contribution is 1.87. The number of aliphatic carboxylic acids is 1. The molecule has 4 heteroatoms. The number of nitrogens with one attached hydrogen (secondary N) is 1. The minimum absolute atomic E-state index is 0.299. The molecule has 0 amide bonds. The van der Waals surface area contributed by atoms with Crippen LogP contribution in [0.3, 0.4) is 0 Å². The van der Waals surface area contributed by atoms with Crippen LogP contribution in [0.2, 0.25) is 0 Å². The van der Waals surface area contributed by atoms with E-state index >= 15 is 0 Å². The number of H-pyrrole nitrogens is 1. The molecule has 12 heavy (non-hydrogen) atoms. The Hall–Kier alpha value is -2.02. The van der Waals surface area contributed by atoms with E-state index < -0.39 is 5.97 Å². The molecule has 0 saturated carbocycles. The number of hydrogen-bond acceptors (Lipinski definition) is 2. The third-order valence-electron chi connectivity index (χ3n) is 1.09. The van der Waals surface area contributed by atoms with E-state index in [4.69, 9.17) is 5.11 Å². The molecule has 4 nitrogen and oxygen atoms in total. The van der Waals surface area contributed by atoms with Crippen LogP contribution in [-0.2, 0) is 4.79 Å². The zero-order valence-electron chi connectivity index (χ0n) is 6.00. The maximum absolute atomic E-state index is 10.7. The van der Waals surface area contributed by atoms with E-state index in [1.165, 1.54) is 18.3 Å². The van der Waals surface area contributed by atoms with Crippen molar-refractivity contribution in [2.75, 3.05) is 0 Å². The van der Waals surface area contributed by atoms with Gasteiger partial charge in [-0.15, -0.1) is 0 Å². The lowest BCUT2D eigenvalue weighted by atomic mass is 10.3. The van der Waals surface area contributed by atoms with Crippen LogP contribution in [0.25, 0.3) is 0 Å². The van der Waals surface area contributed by atoms with E-state index in [0.29, 0.717) is 5.56 Å². The van der Waals surface area contributed by atoms with Crippen molar-refractivity contribution in [2.24, 2.45) is 0 Å². The van der Waals surface area contributed by atoms with E-state index in [1.807, 2.05) is 5.92 Å². The fourth-order valence-corrected chi connectivity index (χ4v) is 0.648. The van der Waals surface area contributed by atoms with Gasteiger partial charge in [-0.3, -0.25) is 4.79 Å². The van der Waals surface area contributed by atoms with Gasteiger partial charge in [-0.2, -0.15) is 0 Å². The molecule has 1 aromatic rings. The summed E-state index contributed by atoms with van der Waals surface area (Å²) >= 11 is 0. The fraction of sp³-hybridized carbons (Fsp3) is 0. The summed E-state index contributed by atoms with van der Waals surface area (Å²) in [5.41, 5.74) is 0.0911. The minimum atomic E-state index is -1.21. The Morgan fingerprint density at radius 3 is 2.92 bits per heavy atom. The lowest BCUT2D eigenvalue weighted by molar-refractivity contribution is -0.130. The summed E-state index contributed by atoms with van der Waals surface area (Å²) in [6, 6.07) is 2.76. The second-order valence-corrected chi connectivity index (χ2v) is 2.00. The predicted molar refractivity (Wildman–Crippen MR) is 41.6 cm³/mol. The Balaban J connectivity index is 3.00. The normalized spacial score (nSPS) is 8.33. The molecule has 0 unspecified atom stereocenters. The van der Waals surface area contributed by atoms with Crippen LogP contribution in [0.4, 0.5) is 0 Å². The SMILES string of the molecule is O=C(O)C#Cc1cc[nH]c(=O)c1. The minimum Gasteiger partial charge on any atom is -0.472 e. The van der Waals surface area contributed by atoms with Crippen molar-refractivity contribution in [3.05, 3.63) is 34.2 Å². The molecule has 0 aliphatic rings. The maximum atomic E-state index is 10.7. The summed E-state index contributed by atoms with van der Waals surface area (Å²) in [6.07, 6.45) is 1.41. The summed E-state index contributed by atoms with van der Waals surface area (Å²) in [5.74, 6) is 3.01. The third-order valence-corrected chi connectivity index (χ3v) is 1.09. The molecule has 1 rings (SSSR count). The number of hydrogen-bond donors (Lipinski definition) is 2. The lowest BCUT2D eigenvalue weighted by Gasteiger charge is -1.84. The summed E-state index contributed by atoms with van der Waals surface area (Å²) in [7, 11) is 0. The van der Waals surface area contributed by atoms with Gasteiger partial charge < -0.3 is 10.1 Å². The van der Waals surface area contributed by atoms with Crippen LogP contribution in [0.5, 0.6) is 0 Å². The van der Waals surface area contributed by atoms with Crippen LogP contribution in [0, 0.1) is 11.8 Å². The van der Waals surface area contributed by atoms with Crippen LogP contribution in [0.1, 0.15) is 5.56 Å². The van der Waals surface area contributed by atoms with E-state index in [9.17, 15) is 9.59 Å². The second-order valence-electron chi connectivity index (χ2n) is 2.00. The number of carboxylic acids is 1. The van der Waals surface area contributed by atoms with Gasteiger partial charge in [-0.05, 0) is 6.07 Å². The Labute approximate surface area is 67.9 Å². The van der Waals surface area contributed by atoms with Crippen molar-refractivity contribution in [2.45, 2.75) is 0 Å². The van der Waals surface area contributed by atoms with Crippen molar-refractivity contribution in [1.29, 1.82) is 0 Å². The van der Waals surface area contributed by atoms with Gasteiger partial charge in [0.05, 0.1) is 0 Å². The Morgan fingerprint density at radius 1 is 1.58 bits per heavy atom. The number of carbonyl (C=O) groups is 1. The van der Waals surface area contributed by atoms with Crippen molar-refractivity contribution >= 4 is 5.97 Å². The molecule has 0 radical (unpaired) electrons. The molecular weight excluding hydrogens is 158 g/mol. The molecule has 0 bridgehead atoms. The van der Waals surface area contributed by atoms with Crippen molar-refractivity contribution in [3.8, 4) is 11.8 Å². The van der Waals surface area contributed by atoms with Gasteiger partial charge in [-0.1, -0.05) is 5.92 Å². The molecule has 0 aliphatic carbocycles. The first kappa shape index (κ1) is 8.08. The molecule has 0 fully saturated rings. The smallest absolute Gasteiger partial charge is 0.382 e. The van der Waals surface area contributed by atoms with E-state index in [-0.39, 0.29) is 5.56 Å². The van der Waals surface area contributed by atoms with E-state index in [2.05, 4.69) is 10.9 Å². The number of carboxylic acid groups (broad SMARTS) is 1. The highest BCUT2D eigenvalue weighted by molar-refractivity contribution is 5.87. The van der Waals surface area contributed by atoms with Crippen molar-refractivity contribution in [1.82, 2.24) is 4.98 Å². The van der Waals surface area contributed by atoms with Gasteiger partial charge in [0.2, 0.25) is 5.56 Å². The molecule has 1 heterocycles. The van der Waals surface area contributed by atoms with Gasteiger partial charge >= 0.3 is 5.97 Å². The highest BCUT2D eigenvalue weighted by atomic mass is 16.4. The van der Waals surface area contributed by atoms with Crippen molar-refractivity contribution < 1.29 is 9.90 Å². The number of pyridine rings is 1. The zero-order valence-corrected chi connectivity index (χ0v) is 6.00. The lowest BCUT2D eigenvalue weighted by Crippen LogP contribution is -2.02. The summed E-state index contributed by atoms with van der Waals surface area (Å²) in [4.78, 5) is 23.1. The number of aromatic nitrogens is 1. The highest BCUT2D eigenvalue weighted by Gasteiger charge is 1.88. The maximum Gasteiger partial charge on any atom is 0.382 e. The number of aromatic amines is 1. The topological polar surface area (TPSA) is 70.2 Å².